The summed E-state index contributed by atoms with van der Waals surface area (Å²) in [6.45, 7) is 3.98. The second-order valence-corrected chi connectivity index (χ2v) is 5.92. The molecule has 0 amide bonds. The molecule has 0 saturated carbocycles. The second kappa shape index (κ2) is 5.89. The maximum atomic E-state index is 12.2. The van der Waals surface area contributed by atoms with Crippen molar-refractivity contribution in [2.75, 3.05) is 0 Å². The average Bonchev–Trinajstić information content (AvgIpc) is 2.36. The minimum atomic E-state index is 0.0754. The summed E-state index contributed by atoms with van der Waals surface area (Å²) in [6.07, 6.45) is 0.328. The van der Waals surface area contributed by atoms with Crippen molar-refractivity contribution in [1.29, 1.82) is 0 Å². The van der Waals surface area contributed by atoms with Crippen LogP contribution in [0.4, 0.5) is 0 Å². The summed E-state index contributed by atoms with van der Waals surface area (Å²) in [5, 5.41) is 0.652. The highest BCUT2D eigenvalue weighted by atomic mass is 79.9. The minimum Gasteiger partial charge on any atom is -0.294 e. The van der Waals surface area contributed by atoms with E-state index in [0.717, 1.165) is 21.2 Å². The van der Waals surface area contributed by atoms with Gasteiger partial charge in [-0.1, -0.05) is 51.8 Å². The molecule has 2 rings (SSSR count). The molecule has 0 aliphatic carbocycles. The van der Waals surface area contributed by atoms with Gasteiger partial charge >= 0.3 is 0 Å². The van der Waals surface area contributed by atoms with E-state index in [0.29, 0.717) is 17.0 Å². The molecule has 0 radical (unpaired) electrons. The largest absolute Gasteiger partial charge is 0.294 e. The number of hydrogen-bond donors (Lipinski definition) is 0. The molecule has 98 valence electrons. The van der Waals surface area contributed by atoms with Crippen molar-refractivity contribution in [3.05, 3.63) is 68.1 Å². The highest BCUT2D eigenvalue weighted by Gasteiger charge is 2.10. The topological polar surface area (TPSA) is 17.1 Å². The van der Waals surface area contributed by atoms with E-state index in [4.69, 9.17) is 11.6 Å². The van der Waals surface area contributed by atoms with Crippen LogP contribution in [0.5, 0.6) is 0 Å². The lowest BCUT2D eigenvalue weighted by molar-refractivity contribution is 0.0993. The molecule has 0 atom stereocenters. The van der Waals surface area contributed by atoms with Crippen molar-refractivity contribution in [3.63, 3.8) is 0 Å². The van der Waals surface area contributed by atoms with E-state index >= 15 is 0 Å². The molecule has 0 N–H and O–H groups in total. The lowest BCUT2D eigenvalue weighted by Gasteiger charge is -2.06. The number of halogens is 2. The van der Waals surface area contributed by atoms with Gasteiger partial charge in [0.1, 0.15) is 0 Å². The zero-order valence-corrected chi connectivity index (χ0v) is 13.2. The molecule has 0 bridgehead atoms. The van der Waals surface area contributed by atoms with Crippen molar-refractivity contribution in [2.24, 2.45) is 0 Å². The fraction of sp³-hybridized carbons (Fsp3) is 0.188. The predicted octanol–water partition coefficient (Wildman–Crippen LogP) is 5.14. The molecule has 0 fully saturated rings. The number of ketones is 1. The number of carbonyl (C=O) groups is 1. The summed E-state index contributed by atoms with van der Waals surface area (Å²) >= 11 is 9.60. The molecule has 0 aliphatic rings. The molecule has 1 nitrogen and oxygen atoms in total. The van der Waals surface area contributed by atoms with Crippen molar-refractivity contribution in [2.45, 2.75) is 20.3 Å². The third-order valence-corrected chi connectivity index (χ3v) is 4.26. The number of aryl methyl sites for hydroxylation is 2. The van der Waals surface area contributed by atoms with Gasteiger partial charge in [0.2, 0.25) is 0 Å². The Hall–Kier alpha value is -1.12. The summed E-state index contributed by atoms with van der Waals surface area (Å²) in [5.74, 6) is 0.0754. The first kappa shape index (κ1) is 14.3. The minimum absolute atomic E-state index is 0.0754. The molecule has 2 aromatic carbocycles. The van der Waals surface area contributed by atoms with Gasteiger partial charge < -0.3 is 0 Å². The number of rotatable bonds is 3. The standard InChI is InChI=1S/C16H14BrClO/c1-10-3-5-12(15(18)7-10)9-16(19)13-6-4-11(2)14(17)8-13/h3-8H,9H2,1-2H3. The first-order valence-corrected chi connectivity index (χ1v) is 7.19. The Kier molecular flexibility index (Phi) is 4.43. The zero-order chi connectivity index (χ0) is 14.0. The van der Waals surface area contributed by atoms with E-state index in [1.54, 1.807) is 0 Å². The third kappa shape index (κ3) is 3.46. The van der Waals surface area contributed by atoms with Crippen LogP contribution < -0.4 is 0 Å². The van der Waals surface area contributed by atoms with Gasteiger partial charge in [0.15, 0.2) is 5.78 Å². The van der Waals surface area contributed by atoms with Crippen LogP contribution in [0.1, 0.15) is 27.0 Å². The van der Waals surface area contributed by atoms with Crippen molar-refractivity contribution >= 4 is 33.3 Å². The van der Waals surface area contributed by atoms with Crippen LogP contribution in [0.15, 0.2) is 40.9 Å². The number of benzene rings is 2. The Morgan fingerprint density at radius 2 is 1.89 bits per heavy atom. The van der Waals surface area contributed by atoms with E-state index < -0.39 is 0 Å². The van der Waals surface area contributed by atoms with Crippen molar-refractivity contribution in [1.82, 2.24) is 0 Å². The summed E-state index contributed by atoms with van der Waals surface area (Å²) in [7, 11) is 0. The normalized spacial score (nSPS) is 10.5. The Bertz CT molecular complexity index is 635. The van der Waals surface area contributed by atoms with Crippen LogP contribution in [0.3, 0.4) is 0 Å². The quantitative estimate of drug-likeness (QED) is 0.708. The van der Waals surface area contributed by atoms with E-state index in [1.807, 2.05) is 50.2 Å². The number of Topliss-reactive ketones (excluding diaryl/α,β-unsaturated/α-hetero) is 1. The summed E-state index contributed by atoms with van der Waals surface area (Å²) in [5.41, 5.74) is 3.78. The van der Waals surface area contributed by atoms with Crippen LogP contribution >= 0.6 is 27.5 Å². The number of carbonyl (C=O) groups excluding carboxylic acids is 1. The Morgan fingerprint density at radius 1 is 1.16 bits per heavy atom. The van der Waals surface area contributed by atoms with Gasteiger partial charge in [0.05, 0.1) is 0 Å². The smallest absolute Gasteiger partial charge is 0.167 e. The van der Waals surface area contributed by atoms with Crippen molar-refractivity contribution < 1.29 is 4.79 Å². The Balaban J connectivity index is 2.23. The molecule has 0 aromatic heterocycles. The fourth-order valence-corrected chi connectivity index (χ4v) is 2.52. The monoisotopic (exact) mass is 336 g/mol. The molecule has 0 spiro atoms. The van der Waals surface area contributed by atoms with E-state index in [9.17, 15) is 4.79 Å². The Morgan fingerprint density at radius 3 is 2.53 bits per heavy atom. The summed E-state index contributed by atoms with van der Waals surface area (Å²) < 4.78 is 0.952. The predicted molar refractivity (Wildman–Crippen MR) is 83.1 cm³/mol. The Labute approximate surface area is 126 Å². The molecular formula is C16H14BrClO. The van der Waals surface area contributed by atoms with Gasteiger partial charge in [0, 0.05) is 21.5 Å². The van der Waals surface area contributed by atoms with Crippen LogP contribution in [0.2, 0.25) is 5.02 Å². The second-order valence-electron chi connectivity index (χ2n) is 4.66. The maximum absolute atomic E-state index is 12.2. The van der Waals surface area contributed by atoms with Crippen LogP contribution in [0.25, 0.3) is 0 Å². The average molecular weight is 338 g/mol. The lowest BCUT2D eigenvalue weighted by Crippen LogP contribution is -2.04. The van der Waals surface area contributed by atoms with Gasteiger partial charge in [-0.15, -0.1) is 0 Å². The van der Waals surface area contributed by atoms with Gasteiger partial charge in [-0.3, -0.25) is 4.79 Å². The molecule has 0 unspecified atom stereocenters. The first-order valence-electron chi connectivity index (χ1n) is 6.02. The van der Waals surface area contributed by atoms with Crippen LogP contribution in [-0.2, 0) is 6.42 Å². The summed E-state index contributed by atoms with van der Waals surface area (Å²) in [6, 6.07) is 11.4. The SMILES string of the molecule is Cc1ccc(CC(=O)c2ccc(C)c(Br)c2)c(Cl)c1. The first-order chi connectivity index (χ1) is 8.97. The summed E-state index contributed by atoms with van der Waals surface area (Å²) in [4.78, 5) is 12.2. The maximum Gasteiger partial charge on any atom is 0.167 e. The van der Waals surface area contributed by atoms with Gasteiger partial charge in [-0.2, -0.15) is 0 Å². The molecular weight excluding hydrogens is 324 g/mol. The van der Waals surface area contributed by atoms with E-state index in [-0.39, 0.29) is 5.78 Å². The molecule has 2 aromatic rings. The van der Waals surface area contributed by atoms with Crippen molar-refractivity contribution in [3.8, 4) is 0 Å². The molecule has 19 heavy (non-hydrogen) atoms. The van der Waals surface area contributed by atoms with E-state index in [2.05, 4.69) is 15.9 Å². The zero-order valence-electron chi connectivity index (χ0n) is 10.8. The molecule has 3 heteroatoms. The fourth-order valence-electron chi connectivity index (χ4n) is 1.84. The van der Waals surface area contributed by atoms with Gasteiger partial charge in [-0.05, 0) is 42.7 Å². The van der Waals surface area contributed by atoms with E-state index in [1.165, 1.54) is 0 Å². The van der Waals surface area contributed by atoms with Crippen LogP contribution in [0, 0.1) is 13.8 Å². The number of hydrogen-bond acceptors (Lipinski definition) is 1. The lowest BCUT2D eigenvalue weighted by atomic mass is 10.0. The highest BCUT2D eigenvalue weighted by Crippen LogP contribution is 2.22. The molecule has 0 aliphatic heterocycles. The van der Waals surface area contributed by atoms with Gasteiger partial charge in [0.25, 0.3) is 0 Å². The molecule has 0 heterocycles. The molecule has 0 saturated heterocycles. The van der Waals surface area contributed by atoms with Crippen LogP contribution in [-0.4, -0.2) is 5.78 Å². The third-order valence-electron chi connectivity index (χ3n) is 3.05. The highest BCUT2D eigenvalue weighted by molar-refractivity contribution is 9.10. The van der Waals surface area contributed by atoms with Gasteiger partial charge in [-0.25, -0.2) is 0 Å².